The van der Waals surface area contributed by atoms with Gasteiger partial charge in [-0.3, -0.25) is 0 Å². The number of fused-ring (bicyclic) bond motifs is 1. The zero-order valence-corrected chi connectivity index (χ0v) is 15.1. The highest BCUT2D eigenvalue weighted by Crippen LogP contribution is 2.26. The Bertz CT molecular complexity index is 883. The third-order valence-corrected chi connectivity index (χ3v) is 3.90. The van der Waals surface area contributed by atoms with Gasteiger partial charge in [0.2, 0.25) is 5.28 Å². The Morgan fingerprint density at radius 3 is 2.42 bits per heavy atom. The highest BCUT2D eigenvalue weighted by Gasteiger charge is 2.23. The number of nitrogens with one attached hydrogen (secondary N) is 1. The molecule has 2 unspecified atom stereocenters. The first-order valence-corrected chi connectivity index (χ1v) is 8.46. The van der Waals surface area contributed by atoms with Gasteiger partial charge in [0.05, 0.1) is 6.20 Å². The second kappa shape index (κ2) is 7.77. The number of rotatable bonds is 6. The summed E-state index contributed by atoms with van der Waals surface area (Å²) in [5, 5.41) is 23.0. The predicted molar refractivity (Wildman–Crippen MR) is 99.7 cm³/mol. The number of anilines is 2. The van der Waals surface area contributed by atoms with Crippen LogP contribution in [0.15, 0.2) is 36.5 Å². The molecule has 3 aromatic rings. The van der Waals surface area contributed by atoms with Gasteiger partial charge in [-0.25, -0.2) is 9.97 Å². The van der Waals surface area contributed by atoms with Crippen molar-refractivity contribution in [2.75, 3.05) is 10.2 Å². The summed E-state index contributed by atoms with van der Waals surface area (Å²) in [6.07, 6.45) is -0.447. The summed E-state index contributed by atoms with van der Waals surface area (Å²) in [6.45, 7) is 3.61. The van der Waals surface area contributed by atoms with E-state index in [1.807, 2.05) is 30.3 Å². The summed E-state index contributed by atoms with van der Waals surface area (Å²) in [6, 6.07) is 9.88. The molecule has 136 valence electrons. The fourth-order valence-corrected chi connectivity index (χ4v) is 2.75. The lowest BCUT2D eigenvalue weighted by molar-refractivity contribution is 0.104. The first kappa shape index (κ1) is 18.2. The number of aromatic nitrogens is 4. The van der Waals surface area contributed by atoms with Gasteiger partial charge in [-0.1, -0.05) is 30.3 Å². The number of hydrogen-bond donors (Lipinski definition) is 3. The monoisotopic (exact) mass is 374 g/mol. The minimum Gasteiger partial charge on any atom is -0.374 e. The van der Waals surface area contributed by atoms with Crippen LogP contribution in [-0.4, -0.2) is 42.6 Å². The van der Waals surface area contributed by atoms with Gasteiger partial charge in [-0.15, -0.1) is 0 Å². The molecule has 0 saturated carbocycles. The van der Waals surface area contributed by atoms with Crippen molar-refractivity contribution >= 4 is 34.4 Å². The highest BCUT2D eigenvalue weighted by atomic mass is 35.5. The molecular weight excluding hydrogens is 356 g/mol. The zero-order valence-electron chi connectivity index (χ0n) is 14.3. The maximum absolute atomic E-state index is 9.95. The molecule has 1 aromatic carbocycles. The lowest BCUT2D eigenvalue weighted by Gasteiger charge is -2.29. The van der Waals surface area contributed by atoms with E-state index >= 15 is 0 Å². The van der Waals surface area contributed by atoms with Crippen LogP contribution in [0.5, 0.6) is 0 Å². The van der Waals surface area contributed by atoms with Gasteiger partial charge in [0.1, 0.15) is 18.3 Å². The number of aliphatic hydroxyl groups excluding tert-OH is 2. The molecule has 0 fully saturated rings. The van der Waals surface area contributed by atoms with Crippen molar-refractivity contribution in [1.29, 1.82) is 0 Å². The van der Waals surface area contributed by atoms with E-state index in [1.54, 1.807) is 6.20 Å². The fourth-order valence-electron chi connectivity index (χ4n) is 2.59. The van der Waals surface area contributed by atoms with E-state index in [0.29, 0.717) is 17.9 Å². The summed E-state index contributed by atoms with van der Waals surface area (Å²) in [5.41, 5.74) is 1.70. The Morgan fingerprint density at radius 1 is 1.08 bits per heavy atom. The van der Waals surface area contributed by atoms with E-state index in [4.69, 9.17) is 11.6 Å². The zero-order chi connectivity index (χ0) is 18.7. The molecule has 2 heterocycles. The van der Waals surface area contributed by atoms with Crippen molar-refractivity contribution in [2.24, 2.45) is 0 Å². The minimum absolute atomic E-state index is 0.0479. The van der Waals surface area contributed by atoms with Gasteiger partial charge >= 0.3 is 0 Å². The van der Waals surface area contributed by atoms with E-state index in [2.05, 4.69) is 25.3 Å². The normalized spacial score (nSPS) is 13.4. The number of aliphatic hydroxyl groups is 2. The lowest BCUT2D eigenvalue weighted by atomic mass is 10.2. The Hall–Kier alpha value is -2.55. The van der Waals surface area contributed by atoms with Gasteiger partial charge in [-0.05, 0) is 31.0 Å². The van der Waals surface area contributed by atoms with Crippen molar-refractivity contribution in [2.45, 2.75) is 32.8 Å². The van der Waals surface area contributed by atoms with Crippen LogP contribution in [0.2, 0.25) is 5.28 Å². The average Bonchev–Trinajstić information content (AvgIpc) is 2.59. The topological polar surface area (TPSA) is 107 Å². The molecule has 0 saturated heterocycles. The van der Waals surface area contributed by atoms with Crippen LogP contribution in [0.3, 0.4) is 0 Å². The van der Waals surface area contributed by atoms with Crippen molar-refractivity contribution < 1.29 is 10.2 Å². The molecular formula is C17H19ClN6O2. The molecule has 0 aliphatic carbocycles. The predicted octanol–water partition coefficient (Wildman–Crippen LogP) is 2.17. The highest BCUT2D eigenvalue weighted by molar-refractivity contribution is 6.28. The second-order valence-electron chi connectivity index (χ2n) is 5.75. The summed E-state index contributed by atoms with van der Waals surface area (Å²) in [4.78, 5) is 18.2. The number of halogens is 1. The molecule has 0 aliphatic rings. The molecule has 26 heavy (non-hydrogen) atoms. The number of nitrogens with zero attached hydrogens (tertiary/aromatic N) is 5. The summed E-state index contributed by atoms with van der Waals surface area (Å²) in [5.74, 6) is 0.745. The minimum atomic E-state index is -0.998. The van der Waals surface area contributed by atoms with Crippen LogP contribution < -0.4 is 10.2 Å². The lowest BCUT2D eigenvalue weighted by Crippen LogP contribution is -2.41. The molecule has 2 atom stereocenters. The van der Waals surface area contributed by atoms with E-state index in [0.717, 1.165) is 5.56 Å². The molecule has 0 radical (unpaired) electrons. The molecule has 8 nitrogen and oxygen atoms in total. The van der Waals surface area contributed by atoms with E-state index in [9.17, 15) is 10.2 Å². The van der Waals surface area contributed by atoms with E-state index in [1.165, 1.54) is 18.7 Å². The van der Waals surface area contributed by atoms with Gasteiger partial charge in [-0.2, -0.15) is 9.97 Å². The summed E-state index contributed by atoms with van der Waals surface area (Å²) < 4.78 is 0. The van der Waals surface area contributed by atoms with E-state index in [-0.39, 0.29) is 16.7 Å². The quantitative estimate of drug-likeness (QED) is 0.445. The van der Waals surface area contributed by atoms with Crippen LogP contribution >= 0.6 is 11.6 Å². The third-order valence-electron chi connectivity index (χ3n) is 3.73. The molecule has 0 bridgehead atoms. The van der Waals surface area contributed by atoms with Gasteiger partial charge < -0.3 is 20.4 Å². The van der Waals surface area contributed by atoms with Gasteiger partial charge in [0.15, 0.2) is 17.0 Å². The molecule has 2 aromatic heterocycles. The molecule has 9 heteroatoms. The van der Waals surface area contributed by atoms with Crippen molar-refractivity contribution in [3.63, 3.8) is 0 Å². The molecule has 3 rings (SSSR count). The van der Waals surface area contributed by atoms with Crippen molar-refractivity contribution in [1.82, 2.24) is 19.9 Å². The van der Waals surface area contributed by atoms with Gasteiger partial charge in [0.25, 0.3) is 0 Å². The summed E-state index contributed by atoms with van der Waals surface area (Å²) in [7, 11) is 0. The van der Waals surface area contributed by atoms with Crippen LogP contribution in [-0.2, 0) is 6.54 Å². The SMILES string of the molecule is CC(O)N(c1nc(Cl)nc2nc(NCc3ccccc3)cnc12)C(C)O. The van der Waals surface area contributed by atoms with Crippen molar-refractivity contribution in [3.8, 4) is 0 Å². The Morgan fingerprint density at radius 2 is 1.77 bits per heavy atom. The second-order valence-corrected chi connectivity index (χ2v) is 6.09. The Labute approximate surface area is 155 Å². The molecule has 0 amide bonds. The summed E-state index contributed by atoms with van der Waals surface area (Å²) >= 11 is 6.00. The first-order chi connectivity index (χ1) is 12.5. The van der Waals surface area contributed by atoms with Crippen molar-refractivity contribution in [3.05, 3.63) is 47.4 Å². The third kappa shape index (κ3) is 3.98. The molecule has 0 spiro atoms. The Kier molecular flexibility index (Phi) is 5.46. The van der Waals surface area contributed by atoms with Crippen LogP contribution in [0, 0.1) is 0 Å². The van der Waals surface area contributed by atoms with Crippen LogP contribution in [0.25, 0.3) is 11.2 Å². The molecule has 3 N–H and O–H groups in total. The fraction of sp³-hybridized carbons (Fsp3) is 0.294. The average molecular weight is 375 g/mol. The van der Waals surface area contributed by atoms with Crippen LogP contribution in [0.1, 0.15) is 19.4 Å². The smallest absolute Gasteiger partial charge is 0.226 e. The standard InChI is InChI=1S/C17H19ClN6O2/c1-10(25)24(11(2)26)16-14-15(22-17(18)23-16)21-13(9-20-14)19-8-12-6-4-3-5-7-12/h3-7,9-11,25-26H,8H2,1-2H3,(H,19,21,22,23). The molecule has 0 aliphatic heterocycles. The largest absolute Gasteiger partial charge is 0.374 e. The maximum atomic E-state index is 9.95. The van der Waals surface area contributed by atoms with Gasteiger partial charge in [0, 0.05) is 6.54 Å². The van der Waals surface area contributed by atoms with Crippen LogP contribution in [0.4, 0.5) is 11.6 Å². The maximum Gasteiger partial charge on any atom is 0.226 e. The number of benzene rings is 1. The number of hydrogen-bond acceptors (Lipinski definition) is 8. The Balaban J connectivity index is 1.95. The van der Waals surface area contributed by atoms with E-state index < -0.39 is 12.5 Å². The first-order valence-electron chi connectivity index (χ1n) is 8.08.